The van der Waals surface area contributed by atoms with Gasteiger partial charge in [-0.1, -0.05) is 25.5 Å². The van der Waals surface area contributed by atoms with Crippen molar-refractivity contribution in [3.05, 3.63) is 35.4 Å². The van der Waals surface area contributed by atoms with Gasteiger partial charge < -0.3 is 4.74 Å². The summed E-state index contributed by atoms with van der Waals surface area (Å²) in [4.78, 5) is 37.0. The summed E-state index contributed by atoms with van der Waals surface area (Å²) in [6, 6.07) is 6.28. The molecule has 0 unspecified atom stereocenters. The molecular formula is C16H18N2O4. The predicted molar refractivity (Wildman–Crippen MR) is 81.1 cm³/mol. The van der Waals surface area contributed by atoms with Gasteiger partial charge in [-0.05, 0) is 30.2 Å². The van der Waals surface area contributed by atoms with E-state index in [4.69, 9.17) is 4.74 Å². The Hall–Kier alpha value is -2.63. The van der Waals surface area contributed by atoms with Gasteiger partial charge in [0, 0.05) is 6.54 Å². The lowest BCUT2D eigenvalue weighted by Gasteiger charge is -2.26. The second-order valence-corrected chi connectivity index (χ2v) is 4.90. The molecule has 1 fully saturated rings. The quantitative estimate of drug-likeness (QED) is 0.666. The lowest BCUT2D eigenvalue weighted by molar-refractivity contribution is -0.130. The third kappa shape index (κ3) is 3.33. The molecule has 0 bridgehead atoms. The molecule has 1 aromatic carbocycles. The van der Waals surface area contributed by atoms with Gasteiger partial charge in [0.1, 0.15) is 11.3 Å². The molecule has 1 heterocycles. The number of ether oxygens (including phenoxy) is 1. The number of hydrogen-bond donors (Lipinski definition) is 1. The number of carbonyl (C=O) groups excluding carboxylic acids is 3. The first-order valence-corrected chi connectivity index (χ1v) is 7.09. The smallest absolute Gasteiger partial charge is 0.331 e. The van der Waals surface area contributed by atoms with Crippen LogP contribution < -0.4 is 10.1 Å². The van der Waals surface area contributed by atoms with Gasteiger partial charge >= 0.3 is 6.03 Å². The summed E-state index contributed by atoms with van der Waals surface area (Å²) in [5, 5.41) is 2.20. The minimum absolute atomic E-state index is 0.0409. The zero-order chi connectivity index (χ0) is 16.1. The van der Waals surface area contributed by atoms with Gasteiger partial charge in [0.15, 0.2) is 0 Å². The molecule has 0 spiro atoms. The first-order valence-electron chi connectivity index (χ1n) is 7.09. The number of imide groups is 2. The summed E-state index contributed by atoms with van der Waals surface area (Å²) >= 11 is 0. The van der Waals surface area contributed by atoms with Crippen molar-refractivity contribution in [2.75, 3.05) is 13.7 Å². The van der Waals surface area contributed by atoms with Gasteiger partial charge in [0.2, 0.25) is 0 Å². The van der Waals surface area contributed by atoms with Crippen LogP contribution in [-0.2, 0) is 9.59 Å². The fourth-order valence-corrected chi connectivity index (χ4v) is 2.08. The van der Waals surface area contributed by atoms with E-state index in [1.807, 2.05) is 6.92 Å². The second-order valence-electron chi connectivity index (χ2n) is 4.90. The third-order valence-electron chi connectivity index (χ3n) is 3.35. The van der Waals surface area contributed by atoms with E-state index in [0.29, 0.717) is 24.3 Å². The van der Waals surface area contributed by atoms with Crippen molar-refractivity contribution in [1.82, 2.24) is 10.2 Å². The van der Waals surface area contributed by atoms with Gasteiger partial charge in [0.25, 0.3) is 11.8 Å². The SMILES string of the molecule is CCCCN1C(=O)NC(=O)C(=Cc2ccc(OC)cc2)C1=O. The molecule has 1 aliphatic rings. The van der Waals surface area contributed by atoms with E-state index in [0.717, 1.165) is 11.3 Å². The van der Waals surface area contributed by atoms with Gasteiger partial charge in [-0.2, -0.15) is 0 Å². The van der Waals surface area contributed by atoms with E-state index < -0.39 is 17.8 Å². The molecule has 116 valence electrons. The maximum absolute atomic E-state index is 12.3. The van der Waals surface area contributed by atoms with E-state index in [9.17, 15) is 14.4 Å². The zero-order valence-corrected chi connectivity index (χ0v) is 12.6. The van der Waals surface area contributed by atoms with Crippen LogP contribution in [0.2, 0.25) is 0 Å². The molecule has 4 amide bonds. The number of hydrogen-bond acceptors (Lipinski definition) is 4. The van der Waals surface area contributed by atoms with Gasteiger partial charge in [-0.25, -0.2) is 4.79 Å². The molecule has 1 N–H and O–H groups in total. The van der Waals surface area contributed by atoms with E-state index >= 15 is 0 Å². The van der Waals surface area contributed by atoms with E-state index in [2.05, 4.69) is 5.32 Å². The van der Waals surface area contributed by atoms with Crippen molar-refractivity contribution < 1.29 is 19.1 Å². The lowest BCUT2D eigenvalue weighted by Crippen LogP contribution is -2.54. The molecule has 0 aliphatic carbocycles. The Kier molecular flexibility index (Phi) is 4.93. The Bertz CT molecular complexity index is 620. The van der Waals surface area contributed by atoms with Crippen LogP contribution in [0.25, 0.3) is 6.08 Å². The molecular weight excluding hydrogens is 284 g/mol. The molecule has 0 atom stereocenters. The first-order chi connectivity index (χ1) is 10.6. The van der Waals surface area contributed by atoms with Crippen LogP contribution in [0.1, 0.15) is 25.3 Å². The minimum atomic E-state index is -0.668. The number of barbiturate groups is 1. The highest BCUT2D eigenvalue weighted by molar-refractivity contribution is 6.30. The standard InChI is InChI=1S/C16H18N2O4/c1-3-4-9-18-15(20)13(14(19)17-16(18)21)10-11-5-7-12(22-2)8-6-11/h5-8,10H,3-4,9H2,1-2H3,(H,17,19,21). The Morgan fingerprint density at radius 3 is 2.45 bits per heavy atom. The Labute approximate surface area is 128 Å². The molecule has 1 saturated heterocycles. The topological polar surface area (TPSA) is 75.7 Å². The highest BCUT2D eigenvalue weighted by Crippen LogP contribution is 2.17. The Morgan fingerprint density at radius 2 is 1.86 bits per heavy atom. The molecule has 6 nitrogen and oxygen atoms in total. The highest BCUT2D eigenvalue weighted by Gasteiger charge is 2.35. The van der Waals surface area contributed by atoms with Crippen LogP contribution in [-0.4, -0.2) is 36.4 Å². The van der Waals surface area contributed by atoms with Crippen LogP contribution in [0, 0.1) is 0 Å². The number of benzene rings is 1. The van der Waals surface area contributed by atoms with Crippen molar-refractivity contribution in [1.29, 1.82) is 0 Å². The summed E-state index contributed by atoms with van der Waals surface area (Å²) in [6.07, 6.45) is 3.02. The molecule has 0 radical (unpaired) electrons. The third-order valence-corrected chi connectivity index (χ3v) is 3.35. The molecule has 1 aromatic rings. The van der Waals surface area contributed by atoms with E-state index in [1.165, 1.54) is 6.08 Å². The maximum atomic E-state index is 12.3. The molecule has 22 heavy (non-hydrogen) atoms. The molecule has 6 heteroatoms. The number of unbranched alkanes of at least 4 members (excludes halogenated alkanes) is 1. The van der Waals surface area contributed by atoms with E-state index in [-0.39, 0.29) is 5.57 Å². The molecule has 2 rings (SSSR count). The number of urea groups is 1. The van der Waals surface area contributed by atoms with Crippen molar-refractivity contribution in [2.24, 2.45) is 0 Å². The maximum Gasteiger partial charge on any atom is 0.331 e. The summed E-state index contributed by atoms with van der Waals surface area (Å²) < 4.78 is 5.06. The predicted octanol–water partition coefficient (Wildman–Crippen LogP) is 1.96. The Morgan fingerprint density at radius 1 is 1.18 bits per heavy atom. The number of methoxy groups -OCH3 is 1. The normalized spacial score (nSPS) is 16.9. The number of nitrogens with one attached hydrogen (secondary N) is 1. The average molecular weight is 302 g/mol. The molecule has 1 aliphatic heterocycles. The summed E-state index contributed by atoms with van der Waals surface area (Å²) in [5.41, 5.74) is 0.643. The van der Waals surface area contributed by atoms with Gasteiger partial charge in [-0.3, -0.25) is 19.8 Å². The first kappa shape index (κ1) is 15.8. The van der Waals surface area contributed by atoms with Crippen LogP contribution >= 0.6 is 0 Å². The Balaban J connectivity index is 2.26. The monoisotopic (exact) mass is 302 g/mol. The van der Waals surface area contributed by atoms with E-state index in [1.54, 1.807) is 31.4 Å². The highest BCUT2D eigenvalue weighted by atomic mass is 16.5. The van der Waals surface area contributed by atoms with Crippen molar-refractivity contribution in [2.45, 2.75) is 19.8 Å². The largest absolute Gasteiger partial charge is 0.497 e. The van der Waals surface area contributed by atoms with Gasteiger partial charge in [-0.15, -0.1) is 0 Å². The van der Waals surface area contributed by atoms with Crippen molar-refractivity contribution in [3.8, 4) is 5.75 Å². The summed E-state index contributed by atoms with van der Waals surface area (Å²) in [7, 11) is 1.56. The number of carbonyl (C=O) groups is 3. The van der Waals surface area contributed by atoms with Gasteiger partial charge in [0.05, 0.1) is 7.11 Å². The van der Waals surface area contributed by atoms with Crippen LogP contribution in [0.3, 0.4) is 0 Å². The average Bonchev–Trinajstić information content (AvgIpc) is 2.52. The van der Waals surface area contributed by atoms with Crippen molar-refractivity contribution >= 4 is 23.9 Å². The molecule has 0 aromatic heterocycles. The number of nitrogens with zero attached hydrogens (tertiary/aromatic N) is 1. The number of amides is 4. The lowest BCUT2D eigenvalue weighted by atomic mass is 10.1. The second kappa shape index (κ2) is 6.89. The summed E-state index contributed by atoms with van der Waals surface area (Å²) in [5.74, 6) is -0.544. The summed E-state index contributed by atoms with van der Waals surface area (Å²) in [6.45, 7) is 2.26. The van der Waals surface area contributed by atoms with Crippen LogP contribution in [0.15, 0.2) is 29.8 Å². The molecule has 0 saturated carbocycles. The minimum Gasteiger partial charge on any atom is -0.497 e. The fraction of sp³-hybridized carbons (Fsp3) is 0.312. The fourth-order valence-electron chi connectivity index (χ4n) is 2.08. The number of rotatable bonds is 5. The van der Waals surface area contributed by atoms with Crippen LogP contribution in [0.4, 0.5) is 4.79 Å². The zero-order valence-electron chi connectivity index (χ0n) is 12.6. The van der Waals surface area contributed by atoms with Crippen molar-refractivity contribution in [3.63, 3.8) is 0 Å². The van der Waals surface area contributed by atoms with Crippen LogP contribution in [0.5, 0.6) is 5.75 Å².